The predicted molar refractivity (Wildman–Crippen MR) is 125 cm³/mol. The van der Waals surface area contributed by atoms with Crippen LogP contribution in [0.2, 0.25) is 5.02 Å². The average molecular weight is 463 g/mol. The van der Waals surface area contributed by atoms with Gasteiger partial charge in [-0.3, -0.25) is 4.90 Å². The number of nitrogens with zero attached hydrogens (tertiary/aromatic N) is 3. The highest BCUT2D eigenvalue weighted by Gasteiger charge is 2.13. The van der Waals surface area contributed by atoms with Crippen molar-refractivity contribution in [2.45, 2.75) is 20.3 Å². The maximum Gasteiger partial charge on any atom is 0.161 e. The van der Waals surface area contributed by atoms with Gasteiger partial charge in [0.1, 0.15) is 18.0 Å². The minimum atomic E-state index is -0.493. The van der Waals surface area contributed by atoms with Crippen LogP contribution in [0.3, 0.4) is 0 Å². The Kier molecular flexibility index (Phi) is 8.84. The zero-order valence-corrected chi connectivity index (χ0v) is 19.0. The van der Waals surface area contributed by atoms with Crippen molar-refractivity contribution in [1.82, 2.24) is 14.9 Å². The Hall–Kier alpha value is -2.68. The number of hydrogen-bond donors (Lipinski definition) is 2. The van der Waals surface area contributed by atoms with E-state index in [1.165, 1.54) is 24.5 Å². The monoisotopic (exact) mass is 462 g/mol. The molecule has 1 fully saturated rings. The summed E-state index contributed by atoms with van der Waals surface area (Å²) in [6, 6.07) is 7.57. The molecule has 2 heterocycles. The van der Waals surface area contributed by atoms with Crippen molar-refractivity contribution in [1.29, 1.82) is 0 Å². The summed E-state index contributed by atoms with van der Waals surface area (Å²) in [5, 5.41) is 14.1. The first-order valence-corrected chi connectivity index (χ1v) is 11.1. The fourth-order valence-electron chi connectivity index (χ4n) is 3.29. The second kappa shape index (κ2) is 11.8. The average Bonchev–Trinajstić information content (AvgIpc) is 2.82. The molecule has 1 aromatic heterocycles. The van der Waals surface area contributed by atoms with Gasteiger partial charge < -0.3 is 19.9 Å². The van der Waals surface area contributed by atoms with E-state index in [0.717, 1.165) is 39.3 Å². The van der Waals surface area contributed by atoms with Crippen LogP contribution in [0.25, 0.3) is 10.9 Å². The van der Waals surface area contributed by atoms with Gasteiger partial charge in [0, 0.05) is 36.8 Å². The third kappa shape index (κ3) is 6.18. The van der Waals surface area contributed by atoms with E-state index in [1.807, 2.05) is 13.8 Å². The molecule has 0 unspecified atom stereocenters. The van der Waals surface area contributed by atoms with Crippen molar-refractivity contribution in [2.24, 2.45) is 0 Å². The number of ether oxygens (including phenoxy) is 2. The van der Waals surface area contributed by atoms with E-state index >= 15 is 0 Å². The Labute approximate surface area is 192 Å². The largest absolute Gasteiger partial charge is 0.504 e. The molecule has 0 saturated carbocycles. The number of fused-ring (bicyclic) bond motifs is 1. The van der Waals surface area contributed by atoms with E-state index in [1.54, 1.807) is 12.1 Å². The summed E-state index contributed by atoms with van der Waals surface area (Å²) in [5.41, 5.74) is 1.14. The molecular weight excluding hydrogens is 435 g/mol. The molecule has 172 valence electrons. The number of phenolic OH excluding ortho intramolecular Hbond substituents is 1. The lowest BCUT2D eigenvalue weighted by Crippen LogP contribution is -2.37. The number of rotatable bonds is 7. The third-order valence-electron chi connectivity index (χ3n) is 4.88. The van der Waals surface area contributed by atoms with E-state index in [2.05, 4.69) is 20.2 Å². The number of halogens is 2. The zero-order valence-electron chi connectivity index (χ0n) is 18.3. The number of morpholine rings is 1. The molecule has 7 nitrogen and oxygen atoms in total. The van der Waals surface area contributed by atoms with E-state index in [9.17, 15) is 9.50 Å². The number of nitrogens with one attached hydrogen (secondary N) is 1. The summed E-state index contributed by atoms with van der Waals surface area (Å²) in [4.78, 5) is 10.8. The van der Waals surface area contributed by atoms with Gasteiger partial charge in [-0.2, -0.15) is 0 Å². The van der Waals surface area contributed by atoms with Gasteiger partial charge in [0.25, 0.3) is 0 Å². The number of phenols is 1. The van der Waals surface area contributed by atoms with E-state index in [0.29, 0.717) is 34.8 Å². The molecule has 32 heavy (non-hydrogen) atoms. The summed E-state index contributed by atoms with van der Waals surface area (Å²) in [6.45, 7) is 8.78. The van der Waals surface area contributed by atoms with Gasteiger partial charge in [-0.25, -0.2) is 14.4 Å². The maximum absolute atomic E-state index is 13.4. The van der Waals surface area contributed by atoms with Crippen molar-refractivity contribution in [3.63, 3.8) is 0 Å². The van der Waals surface area contributed by atoms with Crippen LogP contribution in [-0.4, -0.2) is 59.4 Å². The van der Waals surface area contributed by atoms with Gasteiger partial charge in [0.15, 0.2) is 11.5 Å². The summed E-state index contributed by atoms with van der Waals surface area (Å²) in [7, 11) is 0. The summed E-state index contributed by atoms with van der Waals surface area (Å²) >= 11 is 5.86. The molecule has 2 N–H and O–H groups in total. The highest BCUT2D eigenvalue weighted by molar-refractivity contribution is 6.31. The van der Waals surface area contributed by atoms with Crippen LogP contribution in [-0.2, 0) is 4.74 Å². The Morgan fingerprint density at radius 2 is 1.97 bits per heavy atom. The van der Waals surface area contributed by atoms with Crippen LogP contribution < -0.4 is 10.1 Å². The third-order valence-corrected chi connectivity index (χ3v) is 5.17. The first-order chi connectivity index (χ1) is 15.6. The molecule has 0 bridgehead atoms. The van der Waals surface area contributed by atoms with Crippen molar-refractivity contribution in [2.75, 3.05) is 44.8 Å². The van der Waals surface area contributed by atoms with Gasteiger partial charge in [-0.15, -0.1) is 0 Å². The standard InChI is InChI=1S/C21H22ClFN4O3.C2H6/c22-16-10-14(2-3-17(16)23)26-21-15-11-20(19(28)12-18(15)24-13-25-21)30-7-1-4-27-5-8-29-9-6-27;1-2/h2-3,10-13,28H,1,4-9H2,(H,24,25,26);1-2H3. The number of anilines is 2. The summed E-state index contributed by atoms with van der Waals surface area (Å²) in [5.74, 6) is 0.385. The SMILES string of the molecule is CC.Oc1cc2ncnc(Nc3ccc(F)c(Cl)c3)c2cc1OCCCN1CCOCC1. The second-order valence-electron chi connectivity index (χ2n) is 6.97. The molecule has 0 amide bonds. The number of aromatic nitrogens is 2. The Morgan fingerprint density at radius 3 is 2.72 bits per heavy atom. The van der Waals surface area contributed by atoms with Gasteiger partial charge in [0.05, 0.1) is 30.4 Å². The molecule has 9 heteroatoms. The topological polar surface area (TPSA) is 79.7 Å². The lowest BCUT2D eigenvalue weighted by Gasteiger charge is -2.26. The second-order valence-corrected chi connectivity index (χ2v) is 7.38. The molecule has 0 spiro atoms. The molecule has 0 aliphatic carbocycles. The molecule has 3 aromatic rings. The van der Waals surface area contributed by atoms with Crippen molar-refractivity contribution < 1.29 is 19.0 Å². The highest BCUT2D eigenvalue weighted by atomic mass is 35.5. The minimum Gasteiger partial charge on any atom is -0.504 e. The smallest absolute Gasteiger partial charge is 0.161 e. The molecule has 1 aliphatic heterocycles. The fraction of sp³-hybridized carbons (Fsp3) is 0.391. The predicted octanol–water partition coefficient (Wildman–Crippen LogP) is 5.00. The Balaban J connectivity index is 0.00000141. The molecule has 2 aromatic carbocycles. The van der Waals surface area contributed by atoms with Crippen LogP contribution >= 0.6 is 11.6 Å². The molecule has 0 radical (unpaired) electrons. The van der Waals surface area contributed by atoms with Crippen LogP contribution in [0.15, 0.2) is 36.7 Å². The van der Waals surface area contributed by atoms with Gasteiger partial charge in [0.2, 0.25) is 0 Å². The molecule has 4 rings (SSSR count). The van der Waals surface area contributed by atoms with Crippen molar-refractivity contribution >= 4 is 34.0 Å². The van der Waals surface area contributed by atoms with Crippen LogP contribution in [0.5, 0.6) is 11.5 Å². The quantitative estimate of drug-likeness (QED) is 0.478. The van der Waals surface area contributed by atoms with Crippen LogP contribution in [0.1, 0.15) is 20.3 Å². The van der Waals surface area contributed by atoms with Gasteiger partial charge in [-0.1, -0.05) is 25.4 Å². The number of benzene rings is 2. The highest BCUT2D eigenvalue weighted by Crippen LogP contribution is 2.34. The molecule has 1 aliphatic rings. The molecule has 0 atom stereocenters. The zero-order chi connectivity index (χ0) is 22.9. The van der Waals surface area contributed by atoms with Crippen LogP contribution in [0, 0.1) is 5.82 Å². The van der Waals surface area contributed by atoms with Crippen LogP contribution in [0.4, 0.5) is 15.9 Å². The van der Waals surface area contributed by atoms with E-state index < -0.39 is 5.82 Å². The van der Waals surface area contributed by atoms with E-state index in [-0.39, 0.29) is 10.8 Å². The van der Waals surface area contributed by atoms with E-state index in [4.69, 9.17) is 21.1 Å². The first kappa shape index (κ1) is 24.0. The fourth-order valence-corrected chi connectivity index (χ4v) is 3.47. The lowest BCUT2D eigenvalue weighted by atomic mass is 10.2. The minimum absolute atomic E-state index is 0.0142. The first-order valence-electron chi connectivity index (χ1n) is 10.7. The van der Waals surface area contributed by atoms with Crippen molar-refractivity contribution in [3.05, 3.63) is 47.5 Å². The maximum atomic E-state index is 13.4. The Morgan fingerprint density at radius 1 is 1.19 bits per heavy atom. The normalized spacial score (nSPS) is 14.0. The molecular formula is C23H28ClFN4O3. The van der Waals surface area contributed by atoms with Crippen molar-refractivity contribution in [3.8, 4) is 11.5 Å². The number of aromatic hydroxyl groups is 1. The molecule has 1 saturated heterocycles. The summed E-state index contributed by atoms with van der Waals surface area (Å²) in [6.07, 6.45) is 2.22. The van der Waals surface area contributed by atoms with Gasteiger partial charge in [-0.05, 0) is 30.7 Å². The summed E-state index contributed by atoms with van der Waals surface area (Å²) < 4.78 is 24.6. The Bertz CT molecular complexity index is 1030. The number of hydrogen-bond acceptors (Lipinski definition) is 7. The lowest BCUT2D eigenvalue weighted by molar-refractivity contribution is 0.0357. The van der Waals surface area contributed by atoms with Gasteiger partial charge >= 0.3 is 0 Å².